The lowest BCUT2D eigenvalue weighted by molar-refractivity contribution is -0.147. The molecule has 2 atom stereocenters. The van der Waals surface area contributed by atoms with Crippen LogP contribution >= 0.6 is 11.8 Å². The molecule has 16 heavy (non-hydrogen) atoms. The van der Waals surface area contributed by atoms with Gasteiger partial charge >= 0.3 is 5.97 Å². The normalized spacial score (nSPS) is 17.6. The summed E-state index contributed by atoms with van der Waals surface area (Å²) in [6.45, 7) is 6.44. The summed E-state index contributed by atoms with van der Waals surface area (Å²) >= 11 is 1.53. The molecule has 0 amide bonds. The van der Waals surface area contributed by atoms with Crippen molar-refractivity contribution in [3.05, 3.63) is 0 Å². The Morgan fingerprint density at radius 2 is 2.06 bits per heavy atom. The van der Waals surface area contributed by atoms with Crippen molar-refractivity contribution in [3.63, 3.8) is 0 Å². The number of nitrogens with two attached hydrogens (primary N) is 1. The minimum atomic E-state index is -1.73. The van der Waals surface area contributed by atoms with Gasteiger partial charge in [-0.25, -0.2) is 4.79 Å². The highest BCUT2D eigenvalue weighted by atomic mass is 32.2. The Kier molecular flexibility index (Phi) is 5.71. The Hall–Kier alpha value is -0.333. The molecule has 0 saturated heterocycles. The van der Waals surface area contributed by atoms with Crippen LogP contribution in [0, 0.1) is 5.92 Å². The topological polar surface area (TPSA) is 80.4 Å². The van der Waals surface area contributed by atoms with Gasteiger partial charge in [0.2, 0.25) is 0 Å². The SMILES string of the molecule is CSCC(C[Si](C)(C)C)C(N)(C=O)C(=O)O. The third-order valence-electron chi connectivity index (χ3n) is 2.47. The molecule has 0 aliphatic rings. The largest absolute Gasteiger partial charge is 0.480 e. The summed E-state index contributed by atoms with van der Waals surface area (Å²) in [6, 6.07) is 0.745. The second kappa shape index (κ2) is 5.84. The predicted molar refractivity (Wildman–Crippen MR) is 70.6 cm³/mol. The lowest BCUT2D eigenvalue weighted by atomic mass is 9.89. The van der Waals surface area contributed by atoms with E-state index in [0.29, 0.717) is 12.0 Å². The van der Waals surface area contributed by atoms with E-state index in [4.69, 9.17) is 10.8 Å². The number of rotatable bonds is 7. The number of thioether (sulfide) groups is 1. The minimum Gasteiger partial charge on any atom is -0.480 e. The van der Waals surface area contributed by atoms with Crippen molar-refractivity contribution >= 4 is 32.1 Å². The second-order valence-corrected chi connectivity index (χ2v) is 11.7. The van der Waals surface area contributed by atoms with Crippen molar-refractivity contribution in [1.29, 1.82) is 0 Å². The van der Waals surface area contributed by atoms with Crippen molar-refractivity contribution in [2.75, 3.05) is 12.0 Å². The third kappa shape index (κ3) is 4.27. The zero-order chi connectivity index (χ0) is 13.0. The van der Waals surface area contributed by atoms with E-state index < -0.39 is 19.6 Å². The lowest BCUT2D eigenvalue weighted by Gasteiger charge is -2.32. The maximum Gasteiger partial charge on any atom is 0.331 e. The van der Waals surface area contributed by atoms with E-state index in [1.165, 1.54) is 11.8 Å². The zero-order valence-corrected chi connectivity index (χ0v) is 12.1. The molecule has 0 rings (SSSR count). The molecule has 0 spiro atoms. The first-order valence-corrected chi connectivity index (χ1v) is 10.2. The van der Waals surface area contributed by atoms with Crippen molar-refractivity contribution < 1.29 is 14.7 Å². The van der Waals surface area contributed by atoms with E-state index in [0.717, 1.165) is 6.04 Å². The molecule has 2 unspecified atom stereocenters. The van der Waals surface area contributed by atoms with Crippen LogP contribution < -0.4 is 5.73 Å². The van der Waals surface area contributed by atoms with E-state index in [9.17, 15) is 9.59 Å². The third-order valence-corrected chi connectivity index (χ3v) is 4.92. The van der Waals surface area contributed by atoms with Gasteiger partial charge in [-0.3, -0.25) is 0 Å². The summed E-state index contributed by atoms with van der Waals surface area (Å²) in [5.41, 5.74) is 3.99. The average Bonchev–Trinajstić information content (AvgIpc) is 2.13. The van der Waals surface area contributed by atoms with Crippen molar-refractivity contribution in [2.45, 2.75) is 31.2 Å². The number of aldehydes is 1. The Balaban J connectivity index is 5.01. The number of carboxylic acid groups (broad SMARTS) is 1. The van der Waals surface area contributed by atoms with Crippen LogP contribution in [0.4, 0.5) is 0 Å². The maximum absolute atomic E-state index is 11.1. The van der Waals surface area contributed by atoms with Gasteiger partial charge in [-0.1, -0.05) is 25.7 Å². The molecule has 0 heterocycles. The number of aliphatic carboxylic acids is 1. The van der Waals surface area contributed by atoms with Crippen LogP contribution in [0.1, 0.15) is 0 Å². The highest BCUT2D eigenvalue weighted by molar-refractivity contribution is 7.98. The summed E-state index contributed by atoms with van der Waals surface area (Å²) in [4.78, 5) is 22.1. The minimum absolute atomic E-state index is 0.288. The molecule has 0 bridgehead atoms. The zero-order valence-electron chi connectivity index (χ0n) is 10.3. The molecular weight excluding hydrogens is 242 g/mol. The fraction of sp³-hybridized carbons (Fsp3) is 0.800. The summed E-state index contributed by atoms with van der Waals surface area (Å²) in [5.74, 6) is -0.907. The van der Waals surface area contributed by atoms with E-state index in [-0.39, 0.29) is 5.92 Å². The van der Waals surface area contributed by atoms with Crippen molar-refractivity contribution in [1.82, 2.24) is 0 Å². The van der Waals surface area contributed by atoms with Crippen LogP contribution in [0.15, 0.2) is 0 Å². The van der Waals surface area contributed by atoms with Crippen LogP contribution in [0.2, 0.25) is 25.7 Å². The van der Waals surface area contributed by atoms with Gasteiger partial charge in [0, 0.05) is 14.0 Å². The van der Waals surface area contributed by atoms with Gasteiger partial charge in [0.1, 0.15) is 0 Å². The predicted octanol–water partition coefficient (Wildman–Crippen LogP) is 1.28. The smallest absolute Gasteiger partial charge is 0.331 e. The fourth-order valence-corrected chi connectivity index (χ4v) is 4.59. The van der Waals surface area contributed by atoms with Gasteiger partial charge < -0.3 is 15.6 Å². The van der Waals surface area contributed by atoms with Gasteiger partial charge in [0.15, 0.2) is 11.8 Å². The molecule has 0 aliphatic carbocycles. The highest BCUT2D eigenvalue weighted by Crippen LogP contribution is 2.27. The number of carbonyl (C=O) groups excluding carboxylic acids is 1. The van der Waals surface area contributed by atoms with Crippen molar-refractivity contribution in [2.24, 2.45) is 11.7 Å². The van der Waals surface area contributed by atoms with Crippen LogP contribution in [0.25, 0.3) is 0 Å². The number of hydrogen-bond donors (Lipinski definition) is 2. The quantitative estimate of drug-likeness (QED) is 0.411. The molecule has 0 saturated carbocycles. The van der Waals surface area contributed by atoms with Crippen LogP contribution in [0.5, 0.6) is 0 Å². The van der Waals surface area contributed by atoms with Crippen LogP contribution in [-0.2, 0) is 9.59 Å². The molecule has 0 radical (unpaired) electrons. The van der Waals surface area contributed by atoms with E-state index >= 15 is 0 Å². The molecule has 4 nitrogen and oxygen atoms in total. The van der Waals surface area contributed by atoms with Gasteiger partial charge in [0.05, 0.1) is 0 Å². The van der Waals surface area contributed by atoms with Crippen molar-refractivity contribution in [3.8, 4) is 0 Å². The van der Waals surface area contributed by atoms with E-state index in [2.05, 4.69) is 19.6 Å². The van der Waals surface area contributed by atoms with Crippen LogP contribution in [0.3, 0.4) is 0 Å². The molecular formula is C10H21NO3SSi. The monoisotopic (exact) mass is 263 g/mol. The summed E-state index contributed by atoms with van der Waals surface area (Å²) in [5, 5.41) is 9.08. The second-order valence-electron chi connectivity index (χ2n) is 5.27. The first-order chi connectivity index (χ1) is 7.17. The Bertz CT molecular complexity index is 267. The van der Waals surface area contributed by atoms with Gasteiger partial charge in [0.25, 0.3) is 0 Å². The average molecular weight is 263 g/mol. The Labute approximate surface area is 102 Å². The molecule has 6 heteroatoms. The van der Waals surface area contributed by atoms with E-state index in [1.54, 1.807) is 0 Å². The van der Waals surface area contributed by atoms with Crippen LogP contribution in [-0.4, -0.2) is 43.0 Å². The highest BCUT2D eigenvalue weighted by Gasteiger charge is 2.43. The van der Waals surface area contributed by atoms with Gasteiger partial charge in [-0.05, 0) is 12.0 Å². The number of carboxylic acids is 1. The summed E-state index contributed by atoms with van der Waals surface area (Å²) in [7, 11) is -1.45. The molecule has 0 aromatic heterocycles. The number of hydrogen-bond acceptors (Lipinski definition) is 4. The number of carbonyl (C=O) groups is 2. The first kappa shape index (κ1) is 15.7. The molecule has 0 aromatic rings. The molecule has 0 aliphatic heterocycles. The first-order valence-electron chi connectivity index (χ1n) is 5.15. The molecule has 0 aromatic carbocycles. The Morgan fingerprint density at radius 3 is 2.31 bits per heavy atom. The van der Waals surface area contributed by atoms with Gasteiger partial charge in [-0.15, -0.1) is 0 Å². The molecule has 0 fully saturated rings. The maximum atomic E-state index is 11.1. The van der Waals surface area contributed by atoms with E-state index in [1.807, 2.05) is 6.26 Å². The Morgan fingerprint density at radius 1 is 1.56 bits per heavy atom. The molecule has 94 valence electrons. The molecule has 3 N–H and O–H groups in total. The lowest BCUT2D eigenvalue weighted by Crippen LogP contribution is -2.57. The summed E-state index contributed by atoms with van der Waals surface area (Å²) < 4.78 is 0. The summed E-state index contributed by atoms with van der Waals surface area (Å²) in [6.07, 6.45) is 2.28. The van der Waals surface area contributed by atoms with Gasteiger partial charge in [-0.2, -0.15) is 11.8 Å². The standard InChI is InChI=1S/C10H21NO3SSi/c1-15-5-8(6-16(2,3)4)10(11,7-12)9(13)14/h7-8H,5-6,11H2,1-4H3,(H,13,14). The fourth-order valence-electron chi connectivity index (χ4n) is 1.63.